The summed E-state index contributed by atoms with van der Waals surface area (Å²) in [5.74, 6) is -0.413. The van der Waals surface area contributed by atoms with Crippen molar-refractivity contribution in [1.29, 1.82) is 0 Å². The molecule has 3 aromatic carbocycles. The Bertz CT molecular complexity index is 1540. The van der Waals surface area contributed by atoms with Crippen LogP contribution in [0.25, 0.3) is 16.8 Å². The van der Waals surface area contributed by atoms with Crippen LogP contribution in [-0.4, -0.2) is 33.4 Å². The first-order valence-electron chi connectivity index (χ1n) is 12.3. The number of aromatic nitrogens is 2. The van der Waals surface area contributed by atoms with Crippen LogP contribution in [0.5, 0.6) is 5.75 Å². The van der Waals surface area contributed by atoms with Crippen molar-refractivity contribution in [1.82, 2.24) is 9.97 Å². The second kappa shape index (κ2) is 9.58. The van der Waals surface area contributed by atoms with Crippen LogP contribution in [0.1, 0.15) is 42.1 Å². The maximum atomic E-state index is 13.4. The number of carbonyl (C=O) groups is 2. The number of aliphatic hydroxyl groups excluding tert-OH is 1. The predicted octanol–water partition coefficient (Wildman–Crippen LogP) is 5.84. The van der Waals surface area contributed by atoms with Crippen molar-refractivity contribution >= 4 is 34.4 Å². The van der Waals surface area contributed by atoms with Gasteiger partial charge in [-0.1, -0.05) is 50.2 Å². The molecule has 0 aliphatic carbocycles. The Kier molecular flexibility index (Phi) is 6.29. The Morgan fingerprint density at radius 2 is 1.81 bits per heavy atom. The molecule has 1 aromatic heterocycles. The molecule has 188 valence electrons. The number of benzene rings is 3. The monoisotopic (exact) mass is 495 g/mol. The minimum absolute atomic E-state index is 0.0167. The highest BCUT2D eigenvalue weighted by molar-refractivity contribution is 6.51. The highest BCUT2D eigenvalue weighted by Crippen LogP contribution is 2.42. The van der Waals surface area contributed by atoms with Gasteiger partial charge in [0, 0.05) is 5.56 Å². The number of carbonyl (C=O) groups excluding carboxylic acids is 2. The Morgan fingerprint density at radius 3 is 2.51 bits per heavy atom. The molecule has 4 aromatic rings. The number of nitrogens with one attached hydrogen (secondary N) is 1. The van der Waals surface area contributed by atoms with Crippen molar-refractivity contribution in [3.63, 3.8) is 0 Å². The van der Waals surface area contributed by atoms with Gasteiger partial charge in [-0.15, -0.1) is 0 Å². The number of amides is 1. The average molecular weight is 496 g/mol. The number of Topliss-reactive ketones (excluding diaryl/α,β-unsaturated/α-hetero) is 1. The molecule has 5 rings (SSSR count). The van der Waals surface area contributed by atoms with Crippen molar-refractivity contribution in [3.05, 3.63) is 94.6 Å². The fraction of sp³-hybridized carbons (Fsp3) is 0.233. The molecule has 1 aliphatic rings. The number of H-pyrrole nitrogens is 1. The number of rotatable bonds is 6. The second-order valence-corrected chi connectivity index (χ2v) is 9.85. The van der Waals surface area contributed by atoms with E-state index in [0.29, 0.717) is 34.9 Å². The normalized spacial score (nSPS) is 17.2. The second-order valence-electron chi connectivity index (χ2n) is 9.85. The van der Waals surface area contributed by atoms with Gasteiger partial charge in [-0.05, 0) is 66.8 Å². The van der Waals surface area contributed by atoms with Crippen LogP contribution in [-0.2, 0) is 9.59 Å². The molecular formula is C30H29N3O4. The molecule has 0 saturated carbocycles. The van der Waals surface area contributed by atoms with Crippen molar-refractivity contribution in [2.24, 2.45) is 5.92 Å². The number of nitrogens with zero attached hydrogens (tertiary/aromatic N) is 2. The smallest absolute Gasteiger partial charge is 0.302 e. The van der Waals surface area contributed by atoms with Crippen molar-refractivity contribution < 1.29 is 19.4 Å². The van der Waals surface area contributed by atoms with E-state index in [1.165, 1.54) is 4.90 Å². The van der Waals surface area contributed by atoms with Crippen LogP contribution < -0.4 is 9.64 Å². The third-order valence-electron chi connectivity index (χ3n) is 6.43. The van der Waals surface area contributed by atoms with Gasteiger partial charge in [-0.3, -0.25) is 14.5 Å². The van der Waals surface area contributed by atoms with Crippen molar-refractivity contribution in [2.45, 2.75) is 33.7 Å². The van der Waals surface area contributed by atoms with E-state index in [2.05, 4.69) is 23.8 Å². The highest BCUT2D eigenvalue weighted by atomic mass is 16.5. The van der Waals surface area contributed by atoms with Crippen LogP contribution in [0.4, 0.5) is 5.95 Å². The summed E-state index contributed by atoms with van der Waals surface area (Å²) in [7, 11) is 0. The van der Waals surface area contributed by atoms with Gasteiger partial charge >= 0.3 is 5.91 Å². The lowest BCUT2D eigenvalue weighted by atomic mass is 9.95. The van der Waals surface area contributed by atoms with E-state index in [4.69, 9.17) is 4.74 Å². The molecular weight excluding hydrogens is 466 g/mol. The Morgan fingerprint density at radius 1 is 1.05 bits per heavy atom. The maximum absolute atomic E-state index is 13.4. The molecule has 1 amide bonds. The topological polar surface area (TPSA) is 95.5 Å². The van der Waals surface area contributed by atoms with E-state index < -0.39 is 17.7 Å². The molecule has 2 N–H and O–H groups in total. The molecule has 1 unspecified atom stereocenters. The van der Waals surface area contributed by atoms with Gasteiger partial charge in [-0.2, -0.15) is 0 Å². The van der Waals surface area contributed by atoms with Crippen LogP contribution in [0, 0.1) is 19.8 Å². The highest BCUT2D eigenvalue weighted by Gasteiger charge is 2.48. The molecule has 37 heavy (non-hydrogen) atoms. The van der Waals surface area contributed by atoms with Gasteiger partial charge < -0.3 is 14.8 Å². The quantitative estimate of drug-likeness (QED) is 0.199. The zero-order chi connectivity index (χ0) is 26.3. The molecule has 0 radical (unpaired) electrons. The van der Waals surface area contributed by atoms with Crippen LogP contribution in [0.3, 0.4) is 0 Å². The van der Waals surface area contributed by atoms with E-state index in [1.54, 1.807) is 18.2 Å². The number of aryl methyl sites for hydroxylation is 2. The predicted molar refractivity (Wildman–Crippen MR) is 144 cm³/mol. The molecule has 2 heterocycles. The van der Waals surface area contributed by atoms with E-state index in [9.17, 15) is 14.7 Å². The summed E-state index contributed by atoms with van der Waals surface area (Å²) < 4.78 is 5.86. The largest absolute Gasteiger partial charge is 0.507 e. The summed E-state index contributed by atoms with van der Waals surface area (Å²) in [6.45, 7) is 8.57. The summed E-state index contributed by atoms with van der Waals surface area (Å²) in [6, 6.07) is 19.3. The summed E-state index contributed by atoms with van der Waals surface area (Å²) >= 11 is 0. The number of hydrogen-bond acceptors (Lipinski definition) is 5. The van der Waals surface area contributed by atoms with Crippen LogP contribution in [0.2, 0.25) is 0 Å². The zero-order valence-corrected chi connectivity index (χ0v) is 21.3. The molecule has 1 atom stereocenters. The third-order valence-corrected chi connectivity index (χ3v) is 6.43. The minimum Gasteiger partial charge on any atom is -0.507 e. The number of anilines is 1. The van der Waals surface area contributed by atoms with Crippen LogP contribution >= 0.6 is 0 Å². The van der Waals surface area contributed by atoms with E-state index in [0.717, 1.165) is 16.6 Å². The van der Waals surface area contributed by atoms with Crippen molar-refractivity contribution in [3.8, 4) is 5.75 Å². The average Bonchev–Trinajstić information content (AvgIpc) is 3.40. The SMILES string of the molecule is Cc1ccc2nc(N3C(=O)C(=O)/C(=C(/O)c4ccc(OCC(C)C)c(C)c4)C3c3ccccc3)[nH]c2c1. The number of ketones is 1. The van der Waals surface area contributed by atoms with Gasteiger partial charge in [0.15, 0.2) is 0 Å². The van der Waals surface area contributed by atoms with Gasteiger partial charge in [0.2, 0.25) is 5.95 Å². The number of aliphatic hydroxyl groups is 1. The third kappa shape index (κ3) is 4.48. The molecule has 7 nitrogen and oxygen atoms in total. The molecule has 1 fully saturated rings. The molecule has 0 bridgehead atoms. The summed E-state index contributed by atoms with van der Waals surface area (Å²) in [5, 5.41) is 11.4. The Balaban J connectivity index is 1.63. The first kappa shape index (κ1) is 24.3. The summed E-state index contributed by atoms with van der Waals surface area (Å²) in [4.78, 5) is 35.9. The Hall–Kier alpha value is -4.39. The summed E-state index contributed by atoms with van der Waals surface area (Å²) in [5.41, 5.74) is 4.45. The lowest BCUT2D eigenvalue weighted by molar-refractivity contribution is -0.132. The van der Waals surface area contributed by atoms with Crippen molar-refractivity contribution in [2.75, 3.05) is 11.5 Å². The minimum atomic E-state index is -0.847. The number of aromatic amines is 1. The first-order chi connectivity index (χ1) is 17.7. The fourth-order valence-corrected chi connectivity index (χ4v) is 4.60. The molecule has 1 saturated heterocycles. The number of hydrogen-bond donors (Lipinski definition) is 2. The lowest BCUT2D eigenvalue weighted by Gasteiger charge is -2.23. The standard InChI is InChI=1S/C30H29N3O4/c1-17(2)16-37-24-13-11-21(15-19(24)4)27(34)25-26(20-8-6-5-7-9-20)33(29(36)28(25)35)30-31-22-12-10-18(3)14-23(22)32-30/h5-15,17,26,34H,16H2,1-4H3,(H,31,32)/b27-25+. The lowest BCUT2D eigenvalue weighted by Crippen LogP contribution is -2.30. The number of fused-ring (bicyclic) bond motifs is 1. The summed E-state index contributed by atoms with van der Waals surface area (Å²) in [6.07, 6.45) is 0. The van der Waals surface area contributed by atoms with Gasteiger partial charge in [0.05, 0.1) is 29.3 Å². The molecule has 0 spiro atoms. The van der Waals surface area contributed by atoms with E-state index in [-0.39, 0.29) is 17.3 Å². The zero-order valence-electron chi connectivity index (χ0n) is 21.3. The van der Waals surface area contributed by atoms with E-state index >= 15 is 0 Å². The Labute approximate surface area is 215 Å². The molecule has 7 heteroatoms. The first-order valence-corrected chi connectivity index (χ1v) is 12.3. The maximum Gasteiger partial charge on any atom is 0.302 e. The number of imidazole rings is 1. The van der Waals surface area contributed by atoms with E-state index in [1.807, 2.05) is 62.4 Å². The van der Waals surface area contributed by atoms with Gasteiger partial charge in [-0.25, -0.2) is 4.98 Å². The molecule has 1 aliphatic heterocycles. The fourth-order valence-electron chi connectivity index (χ4n) is 4.60. The number of ether oxygens (including phenoxy) is 1. The van der Waals surface area contributed by atoms with Gasteiger partial charge in [0.25, 0.3) is 5.78 Å². The van der Waals surface area contributed by atoms with Crippen LogP contribution in [0.15, 0.2) is 72.3 Å². The van der Waals surface area contributed by atoms with Gasteiger partial charge in [0.1, 0.15) is 11.5 Å².